The average molecular weight is 369 g/mol. The Labute approximate surface area is 139 Å². The first-order valence-corrected chi connectivity index (χ1v) is 7.97. The minimum Gasteiger partial charge on any atom is -0.457 e. The van der Waals surface area contributed by atoms with Crippen LogP contribution in [-0.2, 0) is 6.54 Å². The van der Waals surface area contributed by atoms with Gasteiger partial charge in [0.2, 0.25) is 0 Å². The Kier molecular flexibility index (Phi) is 5.31. The summed E-state index contributed by atoms with van der Waals surface area (Å²) in [6, 6.07) is 13.4. The Morgan fingerprint density at radius 3 is 2.38 bits per heavy atom. The first-order chi connectivity index (χ1) is 9.83. The van der Waals surface area contributed by atoms with E-state index < -0.39 is 0 Å². The van der Waals surface area contributed by atoms with E-state index in [0.29, 0.717) is 5.02 Å². The molecule has 0 aliphatic rings. The molecule has 1 N–H and O–H groups in total. The van der Waals surface area contributed by atoms with Gasteiger partial charge in [-0.25, -0.2) is 0 Å². The van der Waals surface area contributed by atoms with Crippen molar-refractivity contribution >= 4 is 27.5 Å². The first kappa shape index (κ1) is 16.3. The highest BCUT2D eigenvalue weighted by atomic mass is 79.9. The molecule has 2 nitrogen and oxygen atoms in total. The van der Waals surface area contributed by atoms with Crippen LogP contribution in [0.4, 0.5) is 0 Å². The molecule has 0 saturated carbocycles. The topological polar surface area (TPSA) is 21.3 Å². The molecule has 4 heteroatoms. The molecule has 2 rings (SSSR count). The maximum Gasteiger partial charge on any atom is 0.133 e. The normalized spacial score (nSPS) is 11.5. The van der Waals surface area contributed by atoms with Crippen LogP contribution < -0.4 is 10.1 Å². The molecule has 0 atom stereocenters. The molecule has 0 amide bonds. The van der Waals surface area contributed by atoms with Crippen LogP contribution in [0.5, 0.6) is 11.5 Å². The number of benzene rings is 2. The summed E-state index contributed by atoms with van der Waals surface area (Å²) >= 11 is 9.39. The average Bonchev–Trinajstić information content (AvgIpc) is 2.39. The van der Waals surface area contributed by atoms with Gasteiger partial charge in [0.15, 0.2) is 0 Å². The smallest absolute Gasteiger partial charge is 0.133 e. The van der Waals surface area contributed by atoms with Gasteiger partial charge in [0, 0.05) is 27.1 Å². The van der Waals surface area contributed by atoms with Gasteiger partial charge in [-0.3, -0.25) is 0 Å². The van der Waals surface area contributed by atoms with E-state index in [-0.39, 0.29) is 5.54 Å². The second-order valence-electron chi connectivity index (χ2n) is 5.91. The van der Waals surface area contributed by atoms with Gasteiger partial charge in [-0.2, -0.15) is 0 Å². The molecule has 0 aromatic heterocycles. The Balaban J connectivity index is 2.20. The molecule has 0 saturated heterocycles. The predicted octanol–water partition coefficient (Wildman–Crippen LogP) is 5.78. The van der Waals surface area contributed by atoms with E-state index in [2.05, 4.69) is 48.1 Å². The minimum atomic E-state index is 0.0601. The van der Waals surface area contributed by atoms with E-state index in [9.17, 15) is 0 Å². The van der Waals surface area contributed by atoms with Gasteiger partial charge >= 0.3 is 0 Å². The lowest BCUT2D eigenvalue weighted by Gasteiger charge is -2.21. The highest BCUT2D eigenvalue weighted by Crippen LogP contribution is 2.29. The Morgan fingerprint density at radius 1 is 1.10 bits per heavy atom. The summed E-state index contributed by atoms with van der Waals surface area (Å²) in [5.74, 6) is 1.61. The zero-order chi connectivity index (χ0) is 15.5. The van der Waals surface area contributed by atoms with Crippen molar-refractivity contribution in [1.29, 1.82) is 0 Å². The van der Waals surface area contributed by atoms with Crippen LogP contribution in [0.15, 0.2) is 46.9 Å². The highest BCUT2D eigenvalue weighted by Gasteiger charge is 2.12. The van der Waals surface area contributed by atoms with Crippen LogP contribution in [0.1, 0.15) is 26.3 Å². The van der Waals surface area contributed by atoms with Crippen molar-refractivity contribution in [3.05, 3.63) is 57.5 Å². The quantitative estimate of drug-likeness (QED) is 0.738. The summed E-state index contributed by atoms with van der Waals surface area (Å²) in [5, 5.41) is 4.18. The molecule has 0 spiro atoms. The predicted molar refractivity (Wildman–Crippen MR) is 92.3 cm³/mol. The molecular weight excluding hydrogens is 350 g/mol. The van der Waals surface area contributed by atoms with Gasteiger partial charge < -0.3 is 10.1 Å². The number of halogens is 2. The van der Waals surface area contributed by atoms with Crippen LogP contribution in [0.3, 0.4) is 0 Å². The van der Waals surface area contributed by atoms with E-state index >= 15 is 0 Å². The molecular formula is C17H19BrClNO. The van der Waals surface area contributed by atoms with Crippen molar-refractivity contribution in [2.24, 2.45) is 0 Å². The summed E-state index contributed by atoms with van der Waals surface area (Å²) in [5.41, 5.74) is 1.17. The molecule has 0 fully saturated rings. The largest absolute Gasteiger partial charge is 0.457 e. The number of hydrogen-bond donors (Lipinski definition) is 1. The molecule has 0 bridgehead atoms. The maximum atomic E-state index is 5.98. The van der Waals surface area contributed by atoms with Gasteiger partial charge in [-0.05, 0) is 57.2 Å². The number of nitrogens with one attached hydrogen (secondary N) is 1. The molecule has 0 aliphatic carbocycles. The van der Waals surface area contributed by atoms with Crippen LogP contribution >= 0.6 is 27.5 Å². The van der Waals surface area contributed by atoms with Gasteiger partial charge in [-0.1, -0.05) is 33.6 Å². The second kappa shape index (κ2) is 6.82. The minimum absolute atomic E-state index is 0.0601. The van der Waals surface area contributed by atoms with Crippen molar-refractivity contribution in [2.75, 3.05) is 0 Å². The molecule has 2 aromatic carbocycles. The lowest BCUT2D eigenvalue weighted by molar-refractivity contribution is 0.414. The highest BCUT2D eigenvalue weighted by molar-refractivity contribution is 9.10. The van der Waals surface area contributed by atoms with E-state index in [1.165, 1.54) is 0 Å². The van der Waals surface area contributed by atoms with Crippen molar-refractivity contribution in [3.63, 3.8) is 0 Å². The third-order valence-electron chi connectivity index (χ3n) is 2.88. The maximum absolute atomic E-state index is 5.98. The van der Waals surface area contributed by atoms with Crippen LogP contribution in [0, 0.1) is 0 Å². The van der Waals surface area contributed by atoms with Gasteiger partial charge in [0.1, 0.15) is 11.5 Å². The van der Waals surface area contributed by atoms with Crippen molar-refractivity contribution in [2.45, 2.75) is 32.9 Å². The lowest BCUT2D eigenvalue weighted by atomic mass is 10.1. The van der Waals surface area contributed by atoms with E-state index in [4.69, 9.17) is 16.3 Å². The Bertz CT molecular complexity index is 605. The van der Waals surface area contributed by atoms with Crippen molar-refractivity contribution in [1.82, 2.24) is 5.32 Å². The fourth-order valence-corrected chi connectivity index (χ4v) is 2.23. The van der Waals surface area contributed by atoms with E-state index in [0.717, 1.165) is 28.1 Å². The second-order valence-corrected chi connectivity index (χ2v) is 7.26. The monoisotopic (exact) mass is 367 g/mol. The molecule has 0 aliphatic heterocycles. The van der Waals surface area contributed by atoms with E-state index in [1.54, 1.807) is 0 Å². The van der Waals surface area contributed by atoms with E-state index in [1.807, 2.05) is 36.4 Å². The fourth-order valence-electron chi connectivity index (χ4n) is 1.76. The summed E-state index contributed by atoms with van der Waals surface area (Å²) in [7, 11) is 0. The third kappa shape index (κ3) is 5.34. The molecule has 0 heterocycles. The zero-order valence-electron chi connectivity index (χ0n) is 12.4. The summed E-state index contributed by atoms with van der Waals surface area (Å²) in [6.45, 7) is 7.18. The van der Waals surface area contributed by atoms with Crippen LogP contribution in [-0.4, -0.2) is 5.54 Å². The van der Waals surface area contributed by atoms with Gasteiger partial charge in [-0.15, -0.1) is 0 Å². The number of ether oxygens (including phenoxy) is 1. The SMILES string of the molecule is CC(C)(C)NCc1ccc(Br)cc1Oc1ccc(Cl)cc1. The van der Waals surface area contributed by atoms with Gasteiger partial charge in [0.25, 0.3) is 0 Å². The lowest BCUT2D eigenvalue weighted by Crippen LogP contribution is -2.35. The summed E-state index contributed by atoms with van der Waals surface area (Å²) in [4.78, 5) is 0. The number of hydrogen-bond acceptors (Lipinski definition) is 2. The van der Waals surface area contributed by atoms with Crippen LogP contribution in [0.2, 0.25) is 5.02 Å². The summed E-state index contributed by atoms with van der Waals surface area (Å²) in [6.07, 6.45) is 0. The van der Waals surface area contributed by atoms with Crippen LogP contribution in [0.25, 0.3) is 0 Å². The summed E-state index contributed by atoms with van der Waals surface area (Å²) < 4.78 is 6.97. The van der Waals surface area contributed by atoms with Crippen molar-refractivity contribution in [3.8, 4) is 11.5 Å². The standard InChI is InChI=1S/C17H19BrClNO/c1-17(2,3)20-11-12-4-5-13(18)10-16(12)21-15-8-6-14(19)7-9-15/h4-10,20H,11H2,1-3H3. The van der Waals surface area contributed by atoms with Crippen molar-refractivity contribution < 1.29 is 4.74 Å². The third-order valence-corrected chi connectivity index (χ3v) is 3.63. The zero-order valence-corrected chi connectivity index (χ0v) is 14.8. The molecule has 21 heavy (non-hydrogen) atoms. The number of rotatable bonds is 4. The Hall–Kier alpha value is -1.03. The van der Waals surface area contributed by atoms with Gasteiger partial charge in [0.05, 0.1) is 0 Å². The molecule has 2 aromatic rings. The Morgan fingerprint density at radius 2 is 1.76 bits per heavy atom. The molecule has 0 unspecified atom stereocenters. The molecule has 112 valence electrons. The molecule has 0 radical (unpaired) electrons. The first-order valence-electron chi connectivity index (χ1n) is 6.80. The fraction of sp³-hybridized carbons (Fsp3) is 0.294.